The third-order valence-electron chi connectivity index (χ3n) is 2.49. The van der Waals surface area contributed by atoms with E-state index in [4.69, 9.17) is 4.74 Å². The molecule has 1 amide bonds. The van der Waals surface area contributed by atoms with Gasteiger partial charge in [0.1, 0.15) is 5.75 Å². The summed E-state index contributed by atoms with van der Waals surface area (Å²) in [6.45, 7) is 0.556. The number of carbonyl (C=O) groups is 1. The standard InChI is InChI=1S/C12H14F3NO3/c1-11(18,12(13,14)15)7-10(17)16-8-3-5-9(19-2)6-4-8/h3-6,18H,7H2,1-2H3,(H,16,17)/t11-/m0/s1. The van der Waals surface area contributed by atoms with E-state index in [1.165, 1.54) is 19.2 Å². The highest BCUT2D eigenvalue weighted by atomic mass is 19.4. The smallest absolute Gasteiger partial charge is 0.417 e. The number of nitrogens with one attached hydrogen (secondary N) is 1. The molecule has 0 heterocycles. The zero-order valence-corrected chi connectivity index (χ0v) is 10.4. The minimum atomic E-state index is -4.86. The average Bonchev–Trinajstić information content (AvgIpc) is 2.27. The van der Waals surface area contributed by atoms with Gasteiger partial charge in [0, 0.05) is 5.69 Å². The molecule has 1 atom stereocenters. The van der Waals surface area contributed by atoms with Gasteiger partial charge < -0.3 is 15.2 Å². The first kappa shape index (κ1) is 15.3. The van der Waals surface area contributed by atoms with Gasteiger partial charge in [-0.25, -0.2) is 0 Å². The van der Waals surface area contributed by atoms with Crippen molar-refractivity contribution < 1.29 is 27.8 Å². The van der Waals surface area contributed by atoms with Gasteiger partial charge in [-0.1, -0.05) is 0 Å². The quantitative estimate of drug-likeness (QED) is 0.888. The van der Waals surface area contributed by atoms with Gasteiger partial charge in [-0.2, -0.15) is 13.2 Å². The Kier molecular flexibility index (Phi) is 4.41. The second-order valence-corrected chi connectivity index (χ2v) is 4.23. The predicted octanol–water partition coefficient (Wildman–Crippen LogP) is 2.34. The van der Waals surface area contributed by atoms with Crippen LogP contribution in [0.25, 0.3) is 0 Å². The van der Waals surface area contributed by atoms with Crippen molar-refractivity contribution >= 4 is 11.6 Å². The van der Waals surface area contributed by atoms with Crippen molar-refractivity contribution in [2.75, 3.05) is 12.4 Å². The van der Waals surface area contributed by atoms with Gasteiger partial charge in [0.15, 0.2) is 5.60 Å². The lowest BCUT2D eigenvalue weighted by Gasteiger charge is -2.25. The molecule has 1 aromatic rings. The molecule has 0 saturated carbocycles. The molecule has 0 unspecified atom stereocenters. The molecular weight excluding hydrogens is 263 g/mol. The molecule has 2 N–H and O–H groups in total. The van der Waals surface area contributed by atoms with Gasteiger partial charge in [0.05, 0.1) is 13.5 Å². The highest BCUT2D eigenvalue weighted by Gasteiger charge is 2.50. The number of aliphatic hydroxyl groups is 1. The van der Waals surface area contributed by atoms with Gasteiger partial charge >= 0.3 is 6.18 Å². The lowest BCUT2D eigenvalue weighted by Crippen LogP contribution is -2.44. The number of amides is 1. The average molecular weight is 277 g/mol. The van der Waals surface area contributed by atoms with E-state index in [0.717, 1.165) is 0 Å². The maximum Gasteiger partial charge on any atom is 0.417 e. The van der Waals surface area contributed by atoms with Crippen LogP contribution < -0.4 is 10.1 Å². The number of hydrogen-bond donors (Lipinski definition) is 2. The number of methoxy groups -OCH3 is 1. The number of benzene rings is 1. The molecule has 0 spiro atoms. The normalized spacial score (nSPS) is 14.6. The van der Waals surface area contributed by atoms with Crippen molar-refractivity contribution in [1.82, 2.24) is 0 Å². The van der Waals surface area contributed by atoms with E-state index in [1.54, 1.807) is 12.1 Å². The molecule has 106 valence electrons. The minimum absolute atomic E-state index is 0.323. The lowest BCUT2D eigenvalue weighted by atomic mass is 10.0. The molecule has 0 aliphatic rings. The van der Waals surface area contributed by atoms with Crippen molar-refractivity contribution in [3.63, 3.8) is 0 Å². The number of carbonyl (C=O) groups excluding carboxylic acids is 1. The predicted molar refractivity (Wildman–Crippen MR) is 62.9 cm³/mol. The number of hydrogen-bond acceptors (Lipinski definition) is 3. The summed E-state index contributed by atoms with van der Waals surface area (Å²) in [4.78, 5) is 11.4. The molecule has 0 fully saturated rings. The van der Waals surface area contributed by atoms with Gasteiger partial charge in [-0.05, 0) is 31.2 Å². The van der Waals surface area contributed by atoms with Crippen molar-refractivity contribution in [1.29, 1.82) is 0 Å². The van der Waals surface area contributed by atoms with Crippen LogP contribution in [0.2, 0.25) is 0 Å². The lowest BCUT2D eigenvalue weighted by molar-refractivity contribution is -0.252. The second kappa shape index (κ2) is 5.48. The zero-order chi connectivity index (χ0) is 14.7. The maximum atomic E-state index is 12.4. The number of ether oxygens (including phenoxy) is 1. The van der Waals surface area contributed by atoms with E-state index in [0.29, 0.717) is 18.4 Å². The molecular formula is C12H14F3NO3. The van der Waals surface area contributed by atoms with E-state index in [9.17, 15) is 23.1 Å². The minimum Gasteiger partial charge on any atom is -0.497 e. The van der Waals surface area contributed by atoms with E-state index >= 15 is 0 Å². The van der Waals surface area contributed by atoms with E-state index in [2.05, 4.69) is 5.32 Å². The van der Waals surface area contributed by atoms with E-state index < -0.39 is 24.1 Å². The molecule has 7 heteroatoms. The topological polar surface area (TPSA) is 58.6 Å². The first-order valence-corrected chi connectivity index (χ1v) is 5.39. The fraction of sp³-hybridized carbons (Fsp3) is 0.417. The van der Waals surface area contributed by atoms with Crippen LogP contribution in [-0.4, -0.2) is 29.9 Å². The molecule has 0 saturated heterocycles. The Morgan fingerprint density at radius 1 is 1.32 bits per heavy atom. The van der Waals surface area contributed by atoms with Crippen LogP contribution in [-0.2, 0) is 4.79 Å². The summed E-state index contributed by atoms with van der Waals surface area (Å²) < 4.78 is 42.1. The Labute approximate surface area is 108 Å². The highest BCUT2D eigenvalue weighted by molar-refractivity contribution is 5.91. The zero-order valence-electron chi connectivity index (χ0n) is 10.4. The molecule has 0 bridgehead atoms. The number of rotatable bonds is 4. The van der Waals surface area contributed by atoms with Gasteiger partial charge in [-0.3, -0.25) is 4.79 Å². The fourth-order valence-corrected chi connectivity index (χ4v) is 1.29. The van der Waals surface area contributed by atoms with Crippen LogP contribution in [0.1, 0.15) is 13.3 Å². The van der Waals surface area contributed by atoms with Crippen LogP contribution >= 0.6 is 0 Å². The number of anilines is 1. The van der Waals surface area contributed by atoms with E-state index in [-0.39, 0.29) is 0 Å². The highest BCUT2D eigenvalue weighted by Crippen LogP contribution is 2.32. The Bertz CT molecular complexity index is 441. The van der Waals surface area contributed by atoms with Crippen LogP contribution in [0.15, 0.2) is 24.3 Å². The Hall–Kier alpha value is -1.76. The van der Waals surface area contributed by atoms with Crippen molar-refractivity contribution in [3.8, 4) is 5.75 Å². The molecule has 1 rings (SSSR count). The first-order chi connectivity index (χ1) is 8.65. The SMILES string of the molecule is COc1ccc(NC(=O)C[C@](C)(O)C(F)(F)F)cc1. The summed E-state index contributed by atoms with van der Waals surface area (Å²) in [5.74, 6) is -0.368. The summed E-state index contributed by atoms with van der Waals surface area (Å²) in [7, 11) is 1.47. The van der Waals surface area contributed by atoms with Gasteiger partial charge in [0.2, 0.25) is 5.91 Å². The maximum absolute atomic E-state index is 12.4. The fourth-order valence-electron chi connectivity index (χ4n) is 1.29. The summed E-state index contributed by atoms with van der Waals surface area (Å²) in [6.07, 6.45) is -5.92. The summed E-state index contributed by atoms with van der Waals surface area (Å²) >= 11 is 0. The van der Waals surface area contributed by atoms with Gasteiger partial charge in [-0.15, -0.1) is 0 Å². The summed E-state index contributed by atoms with van der Waals surface area (Å²) in [5, 5.41) is 11.4. The Morgan fingerprint density at radius 2 is 1.84 bits per heavy atom. The van der Waals surface area contributed by atoms with Crippen LogP contribution in [0, 0.1) is 0 Å². The van der Waals surface area contributed by atoms with Crippen LogP contribution in [0.4, 0.5) is 18.9 Å². The monoisotopic (exact) mass is 277 g/mol. The van der Waals surface area contributed by atoms with Crippen molar-refractivity contribution in [3.05, 3.63) is 24.3 Å². The van der Waals surface area contributed by atoms with Crippen molar-refractivity contribution in [2.24, 2.45) is 0 Å². The summed E-state index contributed by atoms with van der Waals surface area (Å²) in [6, 6.07) is 6.08. The molecule has 0 aromatic heterocycles. The third kappa shape index (κ3) is 4.13. The van der Waals surface area contributed by atoms with Crippen LogP contribution in [0.5, 0.6) is 5.75 Å². The Balaban J connectivity index is 2.65. The molecule has 19 heavy (non-hydrogen) atoms. The van der Waals surface area contributed by atoms with Gasteiger partial charge in [0.25, 0.3) is 0 Å². The molecule has 0 aliphatic carbocycles. The Morgan fingerprint density at radius 3 is 2.26 bits per heavy atom. The van der Waals surface area contributed by atoms with Crippen molar-refractivity contribution in [2.45, 2.75) is 25.1 Å². The third-order valence-corrected chi connectivity index (χ3v) is 2.49. The summed E-state index contributed by atoms with van der Waals surface area (Å²) in [5.41, 5.74) is -2.73. The van der Waals surface area contributed by atoms with Crippen LogP contribution in [0.3, 0.4) is 0 Å². The largest absolute Gasteiger partial charge is 0.497 e. The van der Waals surface area contributed by atoms with E-state index in [1.807, 2.05) is 0 Å². The molecule has 4 nitrogen and oxygen atoms in total. The number of alkyl halides is 3. The molecule has 0 aliphatic heterocycles. The number of halogens is 3. The molecule has 0 radical (unpaired) electrons. The second-order valence-electron chi connectivity index (χ2n) is 4.23. The molecule has 1 aromatic carbocycles. The first-order valence-electron chi connectivity index (χ1n) is 5.39.